The molecule has 0 aromatic heterocycles. The molecule has 2 aliphatic heterocycles. The van der Waals surface area contributed by atoms with Crippen molar-refractivity contribution in [2.45, 2.75) is 32.6 Å². The molecular weight excluding hydrogens is 212 g/mol. The Balaban J connectivity index is 1.56. The first-order valence-corrected chi connectivity index (χ1v) is 7.23. The second-order valence-corrected chi connectivity index (χ2v) is 6.38. The van der Waals surface area contributed by atoms with E-state index in [4.69, 9.17) is 0 Å². The fourth-order valence-electron chi connectivity index (χ4n) is 3.80. The Labute approximate surface area is 104 Å². The smallest absolute Gasteiger partial charge is 0.225 e. The molecule has 1 aliphatic carbocycles. The lowest BCUT2D eigenvalue weighted by Gasteiger charge is -2.29. The van der Waals surface area contributed by atoms with Crippen molar-refractivity contribution in [2.24, 2.45) is 23.7 Å². The van der Waals surface area contributed by atoms with E-state index in [1.165, 1.54) is 12.8 Å². The van der Waals surface area contributed by atoms with Crippen molar-refractivity contribution in [3.63, 3.8) is 0 Å². The van der Waals surface area contributed by atoms with Gasteiger partial charge in [-0.1, -0.05) is 6.92 Å². The van der Waals surface area contributed by atoms with Gasteiger partial charge in [0.25, 0.3) is 0 Å². The van der Waals surface area contributed by atoms with Gasteiger partial charge < -0.3 is 10.2 Å². The molecular formula is C14H24N2O. The molecule has 0 aromatic rings. The molecule has 96 valence electrons. The van der Waals surface area contributed by atoms with Crippen LogP contribution in [0.2, 0.25) is 0 Å². The topological polar surface area (TPSA) is 32.3 Å². The summed E-state index contributed by atoms with van der Waals surface area (Å²) >= 11 is 0. The van der Waals surface area contributed by atoms with E-state index < -0.39 is 0 Å². The number of hydrogen-bond acceptors (Lipinski definition) is 2. The van der Waals surface area contributed by atoms with E-state index in [2.05, 4.69) is 17.1 Å². The lowest BCUT2D eigenvalue weighted by Crippen LogP contribution is -2.37. The highest BCUT2D eigenvalue weighted by molar-refractivity contribution is 5.79. The molecule has 0 aromatic carbocycles. The molecule has 2 atom stereocenters. The van der Waals surface area contributed by atoms with E-state index in [0.717, 1.165) is 56.8 Å². The minimum Gasteiger partial charge on any atom is -0.342 e. The highest BCUT2D eigenvalue weighted by atomic mass is 16.2. The minimum atomic E-state index is 0.345. The average Bonchev–Trinajstić information content (AvgIpc) is 2.89. The Morgan fingerprint density at radius 1 is 1.06 bits per heavy atom. The Kier molecular flexibility index (Phi) is 3.12. The molecule has 1 N–H and O–H groups in total. The number of amides is 1. The summed E-state index contributed by atoms with van der Waals surface area (Å²) in [6, 6.07) is 0. The predicted molar refractivity (Wildman–Crippen MR) is 67.6 cm³/mol. The maximum absolute atomic E-state index is 12.4. The highest BCUT2D eigenvalue weighted by Crippen LogP contribution is 2.33. The zero-order valence-electron chi connectivity index (χ0n) is 10.8. The van der Waals surface area contributed by atoms with Crippen LogP contribution < -0.4 is 5.32 Å². The summed E-state index contributed by atoms with van der Waals surface area (Å²) in [5.74, 6) is 3.12. The van der Waals surface area contributed by atoms with Crippen molar-refractivity contribution >= 4 is 5.91 Å². The number of likely N-dealkylation sites (tertiary alicyclic amines) is 1. The van der Waals surface area contributed by atoms with E-state index >= 15 is 0 Å². The quantitative estimate of drug-likeness (QED) is 0.748. The number of nitrogens with one attached hydrogen (secondary N) is 1. The van der Waals surface area contributed by atoms with Crippen molar-refractivity contribution in [2.75, 3.05) is 26.2 Å². The van der Waals surface area contributed by atoms with Gasteiger partial charge in [0.05, 0.1) is 0 Å². The van der Waals surface area contributed by atoms with Crippen molar-refractivity contribution in [3.8, 4) is 0 Å². The number of fused-ring (bicyclic) bond motifs is 1. The largest absolute Gasteiger partial charge is 0.342 e. The molecule has 17 heavy (non-hydrogen) atoms. The maximum Gasteiger partial charge on any atom is 0.225 e. The van der Waals surface area contributed by atoms with Crippen LogP contribution in [0.3, 0.4) is 0 Å². The van der Waals surface area contributed by atoms with Crippen molar-refractivity contribution in [1.82, 2.24) is 10.2 Å². The van der Waals surface area contributed by atoms with Gasteiger partial charge in [0, 0.05) is 32.1 Å². The number of nitrogens with zero attached hydrogens (tertiary/aromatic N) is 1. The van der Waals surface area contributed by atoms with E-state index in [-0.39, 0.29) is 0 Å². The molecule has 2 saturated heterocycles. The molecule has 3 rings (SSSR count). The molecule has 3 aliphatic rings. The Hall–Kier alpha value is -0.570. The van der Waals surface area contributed by atoms with Crippen molar-refractivity contribution in [3.05, 3.63) is 0 Å². The normalized spacial score (nSPS) is 41.6. The lowest BCUT2D eigenvalue weighted by molar-refractivity contribution is -0.136. The molecule has 0 spiro atoms. The van der Waals surface area contributed by atoms with Crippen LogP contribution in [0.25, 0.3) is 0 Å². The van der Waals surface area contributed by atoms with Crippen LogP contribution in [-0.4, -0.2) is 37.0 Å². The molecule has 1 saturated carbocycles. The third-order valence-corrected chi connectivity index (χ3v) is 5.07. The van der Waals surface area contributed by atoms with Crippen LogP contribution in [-0.2, 0) is 4.79 Å². The molecule has 1 amide bonds. The van der Waals surface area contributed by atoms with Gasteiger partial charge in [-0.3, -0.25) is 4.79 Å². The molecule has 3 nitrogen and oxygen atoms in total. The average molecular weight is 236 g/mol. The van der Waals surface area contributed by atoms with Crippen LogP contribution in [0.15, 0.2) is 0 Å². The van der Waals surface area contributed by atoms with Gasteiger partial charge >= 0.3 is 0 Å². The fourth-order valence-corrected chi connectivity index (χ4v) is 3.80. The SMILES string of the molecule is CC1CCC(C(=O)N2C[C@H]3CNC[C@H]3C2)CC1. The highest BCUT2D eigenvalue weighted by Gasteiger charge is 2.40. The Morgan fingerprint density at radius 2 is 1.65 bits per heavy atom. The van der Waals surface area contributed by atoms with Gasteiger partial charge in [-0.15, -0.1) is 0 Å². The number of hydrogen-bond donors (Lipinski definition) is 1. The van der Waals surface area contributed by atoms with Gasteiger partial charge in [0.1, 0.15) is 0 Å². The molecule has 0 radical (unpaired) electrons. The summed E-state index contributed by atoms with van der Waals surface area (Å²) in [4.78, 5) is 14.6. The van der Waals surface area contributed by atoms with Gasteiger partial charge in [0.2, 0.25) is 5.91 Å². The first-order chi connectivity index (χ1) is 8.24. The summed E-state index contributed by atoms with van der Waals surface area (Å²) in [6.07, 6.45) is 4.76. The van der Waals surface area contributed by atoms with Crippen LogP contribution in [0.1, 0.15) is 32.6 Å². The molecule has 2 heterocycles. The standard InChI is InChI=1S/C14H24N2O/c1-10-2-4-11(5-3-10)14(17)16-8-12-6-15-7-13(12)9-16/h10-13,15H,2-9H2,1H3/t10?,11?,12-,13+. The zero-order chi connectivity index (χ0) is 11.8. The molecule has 3 fully saturated rings. The van der Waals surface area contributed by atoms with E-state index in [0.29, 0.717) is 11.8 Å². The van der Waals surface area contributed by atoms with Gasteiger partial charge in [0.15, 0.2) is 0 Å². The summed E-state index contributed by atoms with van der Waals surface area (Å²) in [5.41, 5.74) is 0. The van der Waals surface area contributed by atoms with E-state index in [9.17, 15) is 4.79 Å². The lowest BCUT2D eigenvalue weighted by atomic mass is 9.82. The molecule has 0 bridgehead atoms. The second-order valence-electron chi connectivity index (χ2n) is 6.38. The van der Waals surface area contributed by atoms with Crippen molar-refractivity contribution in [1.29, 1.82) is 0 Å². The number of rotatable bonds is 1. The van der Waals surface area contributed by atoms with Crippen LogP contribution in [0.5, 0.6) is 0 Å². The Morgan fingerprint density at radius 3 is 2.24 bits per heavy atom. The summed E-state index contributed by atoms with van der Waals surface area (Å²) in [5, 5.41) is 3.43. The molecule has 3 heteroatoms. The monoisotopic (exact) mass is 236 g/mol. The Bertz CT molecular complexity index is 285. The summed E-state index contributed by atoms with van der Waals surface area (Å²) in [6.45, 7) is 6.59. The van der Waals surface area contributed by atoms with Crippen LogP contribution >= 0.6 is 0 Å². The van der Waals surface area contributed by atoms with Gasteiger partial charge in [-0.2, -0.15) is 0 Å². The van der Waals surface area contributed by atoms with E-state index in [1.54, 1.807) is 0 Å². The minimum absolute atomic E-state index is 0.345. The van der Waals surface area contributed by atoms with Crippen molar-refractivity contribution < 1.29 is 4.79 Å². The molecule has 0 unspecified atom stereocenters. The third kappa shape index (κ3) is 2.22. The number of carbonyl (C=O) groups is 1. The van der Waals surface area contributed by atoms with Crippen LogP contribution in [0.4, 0.5) is 0 Å². The summed E-state index contributed by atoms with van der Waals surface area (Å²) in [7, 11) is 0. The predicted octanol–water partition coefficient (Wildman–Crippen LogP) is 1.49. The zero-order valence-corrected chi connectivity index (χ0v) is 10.8. The van der Waals surface area contributed by atoms with Gasteiger partial charge in [-0.25, -0.2) is 0 Å². The second kappa shape index (κ2) is 4.60. The van der Waals surface area contributed by atoms with E-state index in [1.807, 2.05) is 0 Å². The number of carbonyl (C=O) groups excluding carboxylic acids is 1. The maximum atomic E-state index is 12.4. The first-order valence-electron chi connectivity index (χ1n) is 7.23. The first kappa shape index (κ1) is 11.5. The van der Waals surface area contributed by atoms with Gasteiger partial charge in [-0.05, 0) is 43.4 Å². The summed E-state index contributed by atoms with van der Waals surface area (Å²) < 4.78 is 0. The van der Waals surface area contributed by atoms with Crippen LogP contribution in [0, 0.1) is 23.7 Å². The fraction of sp³-hybridized carbons (Fsp3) is 0.929. The third-order valence-electron chi connectivity index (χ3n) is 5.07.